The number of hydrogen-bond donors (Lipinski definition) is 0. The van der Waals surface area contributed by atoms with Crippen LogP contribution in [-0.2, 0) is 9.47 Å². The fourth-order valence-corrected chi connectivity index (χ4v) is 1.58. The van der Waals surface area contributed by atoms with E-state index in [1.807, 2.05) is 26.0 Å². The van der Waals surface area contributed by atoms with Crippen molar-refractivity contribution in [2.75, 3.05) is 14.2 Å². The lowest BCUT2D eigenvalue weighted by Gasteiger charge is -2.43. The summed E-state index contributed by atoms with van der Waals surface area (Å²) in [4.78, 5) is 0. The molecule has 0 heterocycles. The second-order valence-corrected chi connectivity index (χ2v) is 3.86. The zero-order valence-electron chi connectivity index (χ0n) is 9.80. The van der Waals surface area contributed by atoms with Crippen molar-refractivity contribution in [3.05, 3.63) is 25.3 Å². The molecule has 0 rings (SSSR count). The van der Waals surface area contributed by atoms with Gasteiger partial charge in [0.25, 0.3) is 0 Å². The molecule has 0 aliphatic heterocycles. The fraction of sp³-hybridized carbons (Fsp3) is 0.667. The lowest BCUT2D eigenvalue weighted by molar-refractivity contribution is -0.164. The van der Waals surface area contributed by atoms with E-state index in [0.29, 0.717) is 0 Å². The molecule has 0 fully saturated rings. The molecular weight excluding hydrogens is 176 g/mol. The summed E-state index contributed by atoms with van der Waals surface area (Å²) in [5, 5.41) is 0. The molecule has 0 saturated heterocycles. The first-order chi connectivity index (χ1) is 6.49. The number of methoxy groups -OCH3 is 2. The lowest BCUT2D eigenvalue weighted by Crippen LogP contribution is -2.52. The third kappa shape index (κ3) is 2.46. The first kappa shape index (κ1) is 13.4. The summed E-state index contributed by atoms with van der Waals surface area (Å²) in [6.07, 6.45) is 5.21. The summed E-state index contributed by atoms with van der Waals surface area (Å²) in [5.41, 5.74) is -0.727. The molecule has 2 heteroatoms. The van der Waals surface area contributed by atoms with Gasteiger partial charge in [0.1, 0.15) is 0 Å². The van der Waals surface area contributed by atoms with E-state index in [1.165, 1.54) is 0 Å². The molecular formula is C12H22O2. The van der Waals surface area contributed by atoms with E-state index in [2.05, 4.69) is 13.2 Å². The molecule has 0 aliphatic carbocycles. The van der Waals surface area contributed by atoms with Crippen molar-refractivity contribution in [2.45, 2.75) is 37.9 Å². The Kier molecular flexibility index (Phi) is 5.09. The third-order valence-electron chi connectivity index (χ3n) is 3.09. The van der Waals surface area contributed by atoms with Crippen LogP contribution in [0.2, 0.25) is 0 Å². The smallest absolute Gasteiger partial charge is 0.0973 e. The SMILES string of the molecule is C=CC[C@@](C)(OC)[C@](C)(CC=C)OC. The Morgan fingerprint density at radius 2 is 1.21 bits per heavy atom. The number of ether oxygens (including phenoxy) is 2. The molecule has 0 bridgehead atoms. The summed E-state index contributed by atoms with van der Waals surface area (Å²) in [7, 11) is 3.40. The minimum absolute atomic E-state index is 0.363. The van der Waals surface area contributed by atoms with Gasteiger partial charge in [-0.3, -0.25) is 0 Å². The average molecular weight is 198 g/mol. The highest BCUT2D eigenvalue weighted by Gasteiger charge is 2.43. The molecule has 0 radical (unpaired) electrons. The lowest BCUT2D eigenvalue weighted by atomic mass is 9.80. The molecule has 0 aromatic heterocycles. The maximum Gasteiger partial charge on any atom is 0.0973 e. The van der Waals surface area contributed by atoms with Gasteiger partial charge >= 0.3 is 0 Å². The molecule has 0 saturated carbocycles. The van der Waals surface area contributed by atoms with Gasteiger partial charge in [-0.2, -0.15) is 0 Å². The summed E-state index contributed by atoms with van der Waals surface area (Å²) >= 11 is 0. The van der Waals surface area contributed by atoms with Crippen molar-refractivity contribution >= 4 is 0 Å². The topological polar surface area (TPSA) is 18.5 Å². The van der Waals surface area contributed by atoms with Crippen molar-refractivity contribution in [3.63, 3.8) is 0 Å². The van der Waals surface area contributed by atoms with Gasteiger partial charge in [-0.15, -0.1) is 13.2 Å². The second kappa shape index (κ2) is 5.32. The Morgan fingerprint density at radius 3 is 1.36 bits per heavy atom. The van der Waals surface area contributed by atoms with Crippen LogP contribution in [0.1, 0.15) is 26.7 Å². The van der Waals surface area contributed by atoms with Gasteiger partial charge in [0, 0.05) is 14.2 Å². The van der Waals surface area contributed by atoms with Crippen LogP contribution in [0.4, 0.5) is 0 Å². The first-order valence-electron chi connectivity index (χ1n) is 4.81. The highest BCUT2D eigenvalue weighted by molar-refractivity contribution is 5.02. The molecule has 82 valence electrons. The Hall–Kier alpha value is -0.600. The van der Waals surface area contributed by atoms with Gasteiger partial charge in [-0.1, -0.05) is 12.2 Å². The minimum Gasteiger partial charge on any atom is -0.375 e. The van der Waals surface area contributed by atoms with Crippen LogP contribution in [0.25, 0.3) is 0 Å². The fourth-order valence-electron chi connectivity index (χ4n) is 1.58. The van der Waals surface area contributed by atoms with Gasteiger partial charge < -0.3 is 9.47 Å². The third-order valence-corrected chi connectivity index (χ3v) is 3.09. The zero-order chi connectivity index (χ0) is 11.2. The zero-order valence-corrected chi connectivity index (χ0v) is 9.80. The van der Waals surface area contributed by atoms with Crippen molar-refractivity contribution in [2.24, 2.45) is 0 Å². The standard InChI is InChI=1S/C12H22O2/c1-7-9-11(3,13-5)12(4,14-6)10-8-2/h7-8H,1-2,9-10H2,3-6H3/t11-,12+. The average Bonchev–Trinajstić information content (AvgIpc) is 2.18. The van der Waals surface area contributed by atoms with E-state index >= 15 is 0 Å². The van der Waals surface area contributed by atoms with Crippen LogP contribution in [0.3, 0.4) is 0 Å². The van der Waals surface area contributed by atoms with Crippen LogP contribution in [0, 0.1) is 0 Å². The Morgan fingerprint density at radius 1 is 0.929 bits per heavy atom. The minimum atomic E-state index is -0.363. The van der Waals surface area contributed by atoms with E-state index in [1.54, 1.807) is 14.2 Å². The predicted octanol–water partition coefficient (Wildman–Crippen LogP) is 2.95. The molecule has 2 atom stereocenters. The summed E-state index contributed by atoms with van der Waals surface area (Å²) in [6, 6.07) is 0. The molecule has 0 unspecified atom stereocenters. The molecule has 0 spiro atoms. The molecule has 2 nitrogen and oxygen atoms in total. The van der Waals surface area contributed by atoms with E-state index in [-0.39, 0.29) is 11.2 Å². The maximum absolute atomic E-state index is 5.54. The van der Waals surface area contributed by atoms with Gasteiger partial charge in [0.2, 0.25) is 0 Å². The second-order valence-electron chi connectivity index (χ2n) is 3.86. The molecule has 0 aromatic rings. The van der Waals surface area contributed by atoms with Gasteiger partial charge in [-0.25, -0.2) is 0 Å². The molecule has 0 aliphatic rings. The Balaban J connectivity index is 4.90. The molecule has 0 N–H and O–H groups in total. The van der Waals surface area contributed by atoms with Crippen molar-refractivity contribution < 1.29 is 9.47 Å². The summed E-state index contributed by atoms with van der Waals surface area (Å²) in [5.74, 6) is 0. The van der Waals surface area contributed by atoms with E-state index in [9.17, 15) is 0 Å². The van der Waals surface area contributed by atoms with Crippen molar-refractivity contribution in [3.8, 4) is 0 Å². The van der Waals surface area contributed by atoms with Crippen molar-refractivity contribution in [1.29, 1.82) is 0 Å². The predicted molar refractivity (Wildman–Crippen MR) is 60.5 cm³/mol. The highest BCUT2D eigenvalue weighted by Crippen LogP contribution is 2.35. The van der Waals surface area contributed by atoms with Crippen LogP contribution < -0.4 is 0 Å². The number of hydrogen-bond acceptors (Lipinski definition) is 2. The van der Waals surface area contributed by atoms with E-state index in [0.717, 1.165) is 12.8 Å². The van der Waals surface area contributed by atoms with Gasteiger partial charge in [0.15, 0.2) is 0 Å². The summed E-state index contributed by atoms with van der Waals surface area (Å²) in [6.45, 7) is 11.5. The Labute approximate surface area is 87.6 Å². The van der Waals surface area contributed by atoms with Crippen LogP contribution in [-0.4, -0.2) is 25.4 Å². The molecule has 0 aromatic carbocycles. The largest absolute Gasteiger partial charge is 0.375 e. The van der Waals surface area contributed by atoms with E-state index in [4.69, 9.17) is 9.47 Å². The maximum atomic E-state index is 5.54. The first-order valence-corrected chi connectivity index (χ1v) is 4.81. The van der Waals surface area contributed by atoms with Crippen LogP contribution >= 0.6 is 0 Å². The quantitative estimate of drug-likeness (QED) is 0.585. The molecule has 14 heavy (non-hydrogen) atoms. The van der Waals surface area contributed by atoms with Crippen LogP contribution in [0.5, 0.6) is 0 Å². The van der Waals surface area contributed by atoms with Crippen LogP contribution in [0.15, 0.2) is 25.3 Å². The number of rotatable bonds is 7. The summed E-state index contributed by atoms with van der Waals surface area (Å²) < 4.78 is 11.1. The van der Waals surface area contributed by atoms with Crippen molar-refractivity contribution in [1.82, 2.24) is 0 Å². The highest BCUT2D eigenvalue weighted by atomic mass is 16.5. The molecule has 0 amide bonds. The monoisotopic (exact) mass is 198 g/mol. The van der Waals surface area contributed by atoms with Gasteiger partial charge in [-0.05, 0) is 26.7 Å². The van der Waals surface area contributed by atoms with E-state index < -0.39 is 0 Å². The normalized spacial score (nSPS) is 19.4. The Bertz CT molecular complexity index is 178. The van der Waals surface area contributed by atoms with Gasteiger partial charge in [0.05, 0.1) is 11.2 Å².